The smallest absolute Gasteiger partial charge is 0.193 e. The largest absolute Gasteiger partial charge is 0.388 e. The summed E-state index contributed by atoms with van der Waals surface area (Å²) < 4.78 is 17.7. The number of aliphatic hydroxyl groups is 1. The molecule has 0 radical (unpaired) electrons. The van der Waals surface area contributed by atoms with Crippen LogP contribution in [0, 0.1) is 5.82 Å². The Hall–Kier alpha value is -3.29. The van der Waals surface area contributed by atoms with E-state index in [2.05, 4.69) is 10.00 Å². The summed E-state index contributed by atoms with van der Waals surface area (Å²) in [5, 5.41) is 16.6. The molecular formula is C25H25FN4O2. The summed E-state index contributed by atoms with van der Waals surface area (Å²) in [4.78, 5) is 15.0. The summed E-state index contributed by atoms with van der Waals surface area (Å²) in [7, 11) is 0. The fourth-order valence-electron chi connectivity index (χ4n) is 4.47. The quantitative estimate of drug-likeness (QED) is 0.472. The minimum Gasteiger partial charge on any atom is -0.388 e. The van der Waals surface area contributed by atoms with Gasteiger partial charge in [-0.1, -0.05) is 30.3 Å². The molecule has 1 fully saturated rings. The Labute approximate surface area is 185 Å². The van der Waals surface area contributed by atoms with Crippen LogP contribution in [0.1, 0.15) is 23.3 Å². The Kier molecular flexibility index (Phi) is 5.36. The molecule has 0 aliphatic carbocycles. The van der Waals surface area contributed by atoms with Gasteiger partial charge in [0.05, 0.1) is 41.8 Å². The molecular weight excluding hydrogens is 407 g/mol. The number of carbonyl (C=O) groups is 1. The molecule has 3 heterocycles. The third kappa shape index (κ3) is 3.97. The summed E-state index contributed by atoms with van der Waals surface area (Å²) in [5.74, 6) is -0.436. The molecule has 0 unspecified atom stereocenters. The zero-order valence-corrected chi connectivity index (χ0v) is 17.7. The van der Waals surface area contributed by atoms with Gasteiger partial charge in [-0.15, -0.1) is 0 Å². The van der Waals surface area contributed by atoms with Gasteiger partial charge >= 0.3 is 0 Å². The maximum Gasteiger partial charge on any atom is 0.193 e. The number of Topliss-reactive ketones (excluding diaryl/α,β-unsaturated/α-hetero) is 1. The summed E-state index contributed by atoms with van der Waals surface area (Å²) in [6.07, 6.45) is 4.64. The van der Waals surface area contributed by atoms with Gasteiger partial charge in [0, 0.05) is 24.7 Å². The van der Waals surface area contributed by atoms with E-state index >= 15 is 0 Å². The van der Waals surface area contributed by atoms with E-state index < -0.39 is 5.60 Å². The predicted molar refractivity (Wildman–Crippen MR) is 120 cm³/mol. The zero-order chi connectivity index (χ0) is 22.1. The SMILES string of the molecule is O=C(CN1CCC(O)(Cn2ncc3ccccc32)CC1)c1cccn1-c1ccccc1F. The molecule has 1 aliphatic rings. The predicted octanol–water partition coefficient (Wildman–Crippen LogP) is 3.68. The van der Waals surface area contributed by atoms with Gasteiger partial charge in [-0.2, -0.15) is 5.10 Å². The van der Waals surface area contributed by atoms with Gasteiger partial charge in [0.15, 0.2) is 5.78 Å². The molecule has 0 spiro atoms. The number of benzene rings is 2. The first-order valence-corrected chi connectivity index (χ1v) is 10.8. The lowest BCUT2D eigenvalue weighted by Crippen LogP contribution is -2.48. The van der Waals surface area contributed by atoms with Crippen LogP contribution in [-0.4, -0.2) is 55.4 Å². The van der Waals surface area contributed by atoms with Crippen LogP contribution < -0.4 is 0 Å². The van der Waals surface area contributed by atoms with Crippen molar-refractivity contribution in [1.82, 2.24) is 19.2 Å². The number of halogens is 1. The standard InChI is InChI=1S/C25H25FN4O2/c26-20-7-2-4-9-22(20)29-13-5-10-23(29)24(31)17-28-14-11-25(32,12-15-28)18-30-21-8-3-1-6-19(21)16-27-30/h1-10,13,16,32H,11-12,14-15,17-18H2. The minimum absolute atomic E-state index is 0.0678. The number of aromatic nitrogens is 3. The molecule has 6 nitrogen and oxygen atoms in total. The first-order chi connectivity index (χ1) is 15.5. The van der Waals surface area contributed by atoms with E-state index in [0.29, 0.717) is 43.9 Å². The van der Waals surface area contributed by atoms with E-state index in [1.165, 1.54) is 6.07 Å². The van der Waals surface area contributed by atoms with E-state index in [1.54, 1.807) is 41.1 Å². The van der Waals surface area contributed by atoms with Crippen LogP contribution in [0.4, 0.5) is 4.39 Å². The van der Waals surface area contributed by atoms with Crippen LogP contribution in [0.3, 0.4) is 0 Å². The fraction of sp³-hybridized carbons (Fsp3) is 0.280. The first-order valence-electron chi connectivity index (χ1n) is 10.8. The van der Waals surface area contributed by atoms with Gasteiger partial charge in [-0.3, -0.25) is 14.4 Å². The number of fused-ring (bicyclic) bond motifs is 1. The van der Waals surface area contributed by atoms with E-state index in [4.69, 9.17) is 0 Å². The Morgan fingerprint density at radius 3 is 2.59 bits per heavy atom. The number of carbonyl (C=O) groups excluding carboxylic acids is 1. The van der Waals surface area contributed by atoms with Crippen molar-refractivity contribution in [3.8, 4) is 5.69 Å². The molecule has 1 aliphatic heterocycles. The molecule has 0 atom stereocenters. The zero-order valence-electron chi connectivity index (χ0n) is 17.7. The van der Waals surface area contributed by atoms with Crippen LogP contribution in [0.5, 0.6) is 0 Å². The maximum absolute atomic E-state index is 14.2. The van der Waals surface area contributed by atoms with Crippen molar-refractivity contribution >= 4 is 16.7 Å². The lowest BCUT2D eigenvalue weighted by atomic mass is 9.91. The Balaban J connectivity index is 1.23. The van der Waals surface area contributed by atoms with Gasteiger partial charge in [0.2, 0.25) is 0 Å². The molecule has 32 heavy (non-hydrogen) atoms. The number of para-hydroxylation sites is 2. The van der Waals surface area contributed by atoms with Crippen LogP contribution in [0.2, 0.25) is 0 Å². The first kappa shape index (κ1) is 20.6. The second-order valence-corrected chi connectivity index (χ2v) is 8.50. The van der Waals surface area contributed by atoms with E-state index in [1.807, 2.05) is 35.1 Å². The minimum atomic E-state index is -0.859. The highest BCUT2D eigenvalue weighted by Gasteiger charge is 2.34. The lowest BCUT2D eigenvalue weighted by molar-refractivity contribution is -0.0342. The average Bonchev–Trinajstić information content (AvgIpc) is 3.44. The molecule has 5 rings (SSSR count). The summed E-state index contributed by atoms with van der Waals surface area (Å²) in [5.41, 5.74) is 0.966. The number of ketones is 1. The third-order valence-corrected chi connectivity index (χ3v) is 6.30. The van der Waals surface area contributed by atoms with Crippen molar-refractivity contribution in [3.63, 3.8) is 0 Å². The van der Waals surface area contributed by atoms with Crippen molar-refractivity contribution < 1.29 is 14.3 Å². The number of piperidine rings is 1. The van der Waals surface area contributed by atoms with E-state index in [-0.39, 0.29) is 18.1 Å². The maximum atomic E-state index is 14.2. The second-order valence-electron chi connectivity index (χ2n) is 8.50. The monoisotopic (exact) mass is 432 g/mol. The number of rotatable bonds is 6. The van der Waals surface area contributed by atoms with Crippen molar-refractivity contribution in [1.29, 1.82) is 0 Å². The molecule has 0 bridgehead atoms. The Morgan fingerprint density at radius 2 is 1.78 bits per heavy atom. The van der Waals surface area contributed by atoms with Crippen molar-refractivity contribution in [3.05, 3.63) is 84.6 Å². The molecule has 0 amide bonds. The van der Waals surface area contributed by atoms with Crippen LogP contribution in [-0.2, 0) is 6.54 Å². The third-order valence-electron chi connectivity index (χ3n) is 6.30. The van der Waals surface area contributed by atoms with Crippen molar-refractivity contribution in [2.75, 3.05) is 19.6 Å². The second kappa shape index (κ2) is 8.33. The molecule has 1 saturated heterocycles. The summed E-state index contributed by atoms with van der Waals surface area (Å²) in [6, 6.07) is 17.9. The Morgan fingerprint density at radius 1 is 1.03 bits per heavy atom. The molecule has 4 aromatic rings. The average molecular weight is 432 g/mol. The molecule has 2 aromatic heterocycles. The molecule has 1 N–H and O–H groups in total. The van der Waals surface area contributed by atoms with E-state index in [9.17, 15) is 14.3 Å². The van der Waals surface area contributed by atoms with Crippen molar-refractivity contribution in [2.45, 2.75) is 25.0 Å². The van der Waals surface area contributed by atoms with Crippen molar-refractivity contribution in [2.24, 2.45) is 0 Å². The van der Waals surface area contributed by atoms with E-state index in [0.717, 1.165) is 10.9 Å². The van der Waals surface area contributed by atoms with Gasteiger partial charge in [0.1, 0.15) is 5.82 Å². The molecule has 164 valence electrons. The normalized spacial score (nSPS) is 16.4. The molecule has 2 aromatic carbocycles. The number of likely N-dealkylation sites (tertiary alicyclic amines) is 1. The number of nitrogens with zero attached hydrogens (tertiary/aromatic N) is 4. The topological polar surface area (TPSA) is 63.3 Å². The highest BCUT2D eigenvalue weighted by atomic mass is 19.1. The molecule has 0 saturated carbocycles. The summed E-state index contributed by atoms with van der Waals surface area (Å²) in [6.45, 7) is 1.89. The fourth-order valence-corrected chi connectivity index (χ4v) is 4.47. The van der Waals surface area contributed by atoms with Gasteiger partial charge < -0.3 is 9.67 Å². The van der Waals surface area contributed by atoms with Crippen LogP contribution in [0.15, 0.2) is 73.1 Å². The van der Waals surface area contributed by atoms with Gasteiger partial charge in [-0.25, -0.2) is 4.39 Å². The molecule has 7 heteroatoms. The lowest BCUT2D eigenvalue weighted by Gasteiger charge is -2.38. The van der Waals surface area contributed by atoms with Gasteiger partial charge in [0.25, 0.3) is 0 Å². The summed E-state index contributed by atoms with van der Waals surface area (Å²) >= 11 is 0. The highest BCUT2D eigenvalue weighted by molar-refractivity contribution is 5.96. The van der Waals surface area contributed by atoms with Crippen LogP contribution >= 0.6 is 0 Å². The highest BCUT2D eigenvalue weighted by Crippen LogP contribution is 2.26. The van der Waals surface area contributed by atoms with Gasteiger partial charge in [-0.05, 0) is 43.2 Å². The Bertz CT molecular complexity index is 1250. The van der Waals surface area contributed by atoms with Crippen LogP contribution in [0.25, 0.3) is 16.6 Å². The number of hydrogen-bond acceptors (Lipinski definition) is 4. The number of hydrogen-bond donors (Lipinski definition) is 1.